The Morgan fingerprint density at radius 1 is 1.31 bits per heavy atom. The van der Waals surface area contributed by atoms with Gasteiger partial charge in [-0.25, -0.2) is 0 Å². The molecule has 0 unspecified atom stereocenters. The molecule has 0 spiro atoms. The SMILES string of the molecule is CCC(=[Se])OCc1ccccc1.[Na]. The molecule has 0 heterocycles. The smallest absolute Gasteiger partial charge is 0 e. The molecule has 0 saturated carbocycles. The second-order valence-electron chi connectivity index (χ2n) is 2.50. The van der Waals surface area contributed by atoms with Crippen molar-refractivity contribution in [1.82, 2.24) is 0 Å². The van der Waals surface area contributed by atoms with E-state index < -0.39 is 0 Å². The van der Waals surface area contributed by atoms with Crippen molar-refractivity contribution >= 4 is 49.7 Å². The molecule has 1 aromatic carbocycles. The van der Waals surface area contributed by atoms with Crippen LogP contribution in [0.4, 0.5) is 0 Å². The maximum absolute atomic E-state index is 5.44. The summed E-state index contributed by atoms with van der Waals surface area (Å²) in [6.07, 6.45) is 0.937. The number of hydrogen-bond donors (Lipinski definition) is 0. The van der Waals surface area contributed by atoms with Gasteiger partial charge in [0.15, 0.2) is 0 Å². The van der Waals surface area contributed by atoms with Crippen LogP contribution < -0.4 is 0 Å². The molecule has 0 atom stereocenters. The molecule has 0 aliphatic carbocycles. The minimum Gasteiger partial charge on any atom is 0 e. The molecule has 1 aromatic rings. The molecular formula is C10H12NaOSe. The molecule has 0 aromatic heterocycles. The molecular weight excluding hydrogens is 238 g/mol. The van der Waals surface area contributed by atoms with Crippen molar-refractivity contribution < 1.29 is 4.74 Å². The molecule has 0 aliphatic rings. The van der Waals surface area contributed by atoms with Crippen molar-refractivity contribution in [3.05, 3.63) is 35.9 Å². The zero-order valence-electron chi connectivity index (χ0n) is 8.12. The second-order valence-corrected chi connectivity index (χ2v) is 3.46. The van der Waals surface area contributed by atoms with Crippen molar-refractivity contribution in [2.45, 2.75) is 20.0 Å². The standard InChI is InChI=1S/C10H12OSe.Na/c1-2-10(12)11-8-9-6-4-3-5-7-9;/h3-7H,2,8H2,1H3;. The van der Waals surface area contributed by atoms with Crippen LogP contribution in [0.5, 0.6) is 0 Å². The van der Waals surface area contributed by atoms with Crippen molar-refractivity contribution in [2.24, 2.45) is 0 Å². The van der Waals surface area contributed by atoms with Crippen molar-refractivity contribution in [3.63, 3.8) is 0 Å². The Labute approximate surface area is 110 Å². The predicted octanol–water partition coefficient (Wildman–Crippen LogP) is 1.53. The van der Waals surface area contributed by atoms with Gasteiger partial charge in [-0.15, -0.1) is 0 Å². The third-order valence-corrected chi connectivity index (χ3v) is 2.38. The summed E-state index contributed by atoms with van der Waals surface area (Å²) in [7, 11) is 0. The van der Waals surface area contributed by atoms with Crippen molar-refractivity contribution in [2.75, 3.05) is 0 Å². The van der Waals surface area contributed by atoms with E-state index in [1.54, 1.807) is 0 Å². The summed E-state index contributed by atoms with van der Waals surface area (Å²) in [5.41, 5.74) is 1.21. The Morgan fingerprint density at radius 3 is 2.46 bits per heavy atom. The summed E-state index contributed by atoms with van der Waals surface area (Å²) in [6.45, 7) is 2.73. The Balaban J connectivity index is 0.00000144. The van der Waals surface area contributed by atoms with Gasteiger partial charge in [-0.3, -0.25) is 0 Å². The van der Waals surface area contributed by atoms with E-state index >= 15 is 0 Å². The number of ether oxygens (including phenoxy) is 1. The topological polar surface area (TPSA) is 9.23 Å². The van der Waals surface area contributed by atoms with E-state index in [9.17, 15) is 0 Å². The average Bonchev–Trinajstić information content (AvgIpc) is 2.16. The molecule has 0 aliphatic heterocycles. The van der Waals surface area contributed by atoms with E-state index in [0.717, 1.165) is 11.0 Å². The van der Waals surface area contributed by atoms with Crippen LogP contribution in [-0.4, -0.2) is 49.7 Å². The molecule has 13 heavy (non-hydrogen) atoms. The summed E-state index contributed by atoms with van der Waals surface area (Å²) in [6, 6.07) is 10.2. The van der Waals surface area contributed by atoms with Crippen LogP contribution in [-0.2, 0) is 11.3 Å². The number of benzene rings is 1. The van der Waals surface area contributed by atoms with Crippen LogP contribution in [0.25, 0.3) is 0 Å². The first-order valence-electron chi connectivity index (χ1n) is 4.02. The molecule has 65 valence electrons. The summed E-state index contributed by atoms with van der Waals surface area (Å²) in [5, 5.41) is 0. The molecule has 0 fully saturated rings. The second kappa shape index (κ2) is 7.78. The maximum atomic E-state index is 5.44. The van der Waals surface area contributed by atoms with Crippen LogP contribution in [0.2, 0.25) is 0 Å². The Bertz CT molecular complexity index is 248. The minimum absolute atomic E-state index is 0. The summed E-state index contributed by atoms with van der Waals surface area (Å²) < 4.78 is 6.41. The van der Waals surface area contributed by atoms with Gasteiger partial charge in [-0.2, -0.15) is 0 Å². The van der Waals surface area contributed by atoms with Crippen molar-refractivity contribution in [1.29, 1.82) is 0 Å². The van der Waals surface area contributed by atoms with E-state index in [2.05, 4.69) is 34.6 Å². The first-order valence-corrected chi connectivity index (χ1v) is 4.88. The van der Waals surface area contributed by atoms with E-state index in [0.29, 0.717) is 6.61 Å². The minimum atomic E-state index is 0. The third-order valence-electron chi connectivity index (χ3n) is 1.53. The van der Waals surface area contributed by atoms with Gasteiger partial charge < -0.3 is 0 Å². The van der Waals surface area contributed by atoms with Crippen LogP contribution in [0, 0.1) is 0 Å². The largest absolute Gasteiger partial charge is 0 e. The first-order chi connectivity index (χ1) is 5.83. The molecule has 0 bridgehead atoms. The maximum Gasteiger partial charge on any atom is 0 e. The van der Waals surface area contributed by atoms with E-state index in [1.165, 1.54) is 5.56 Å². The van der Waals surface area contributed by atoms with Crippen LogP contribution in [0.15, 0.2) is 30.3 Å². The van der Waals surface area contributed by atoms with Gasteiger partial charge in [0.25, 0.3) is 0 Å². The third kappa shape index (κ3) is 5.66. The molecule has 1 nitrogen and oxygen atoms in total. The normalized spacial score (nSPS) is 8.69. The Hall–Kier alpha value is 0.409. The quantitative estimate of drug-likeness (QED) is 0.736. The van der Waals surface area contributed by atoms with Gasteiger partial charge in [0.2, 0.25) is 0 Å². The van der Waals surface area contributed by atoms with E-state index in [1.807, 2.05) is 18.2 Å². The Kier molecular flexibility index (Phi) is 8.03. The zero-order valence-corrected chi connectivity index (χ0v) is 11.8. The van der Waals surface area contributed by atoms with Gasteiger partial charge in [-0.05, 0) is 0 Å². The van der Waals surface area contributed by atoms with Crippen LogP contribution in [0.1, 0.15) is 18.9 Å². The summed E-state index contributed by atoms with van der Waals surface area (Å²) in [4.78, 5) is 0. The van der Waals surface area contributed by atoms with Crippen LogP contribution in [0.3, 0.4) is 0 Å². The van der Waals surface area contributed by atoms with E-state index in [4.69, 9.17) is 4.74 Å². The fourth-order valence-corrected chi connectivity index (χ4v) is 0.964. The van der Waals surface area contributed by atoms with Gasteiger partial charge in [0.1, 0.15) is 0 Å². The van der Waals surface area contributed by atoms with Crippen LogP contribution >= 0.6 is 0 Å². The van der Waals surface area contributed by atoms with Gasteiger partial charge in [0.05, 0.1) is 0 Å². The first kappa shape index (κ1) is 13.4. The molecule has 0 saturated heterocycles. The fourth-order valence-electron chi connectivity index (χ4n) is 0.840. The van der Waals surface area contributed by atoms with E-state index in [-0.39, 0.29) is 29.6 Å². The van der Waals surface area contributed by atoms with Gasteiger partial charge >= 0.3 is 80.8 Å². The predicted molar refractivity (Wildman–Crippen MR) is 58.0 cm³/mol. The number of rotatable bonds is 4. The van der Waals surface area contributed by atoms with Crippen molar-refractivity contribution in [3.8, 4) is 0 Å². The molecule has 3 heteroatoms. The average molecular weight is 250 g/mol. The molecule has 1 radical (unpaired) electrons. The zero-order chi connectivity index (χ0) is 8.81. The number of hydrogen-bond acceptors (Lipinski definition) is 1. The van der Waals surface area contributed by atoms with Gasteiger partial charge in [-0.1, -0.05) is 0 Å². The monoisotopic (exact) mass is 251 g/mol. The molecule has 1 rings (SSSR count). The Morgan fingerprint density at radius 2 is 1.92 bits per heavy atom. The van der Waals surface area contributed by atoms with Gasteiger partial charge in [0, 0.05) is 29.6 Å². The fraction of sp³-hybridized carbons (Fsp3) is 0.300. The summed E-state index contributed by atoms with van der Waals surface area (Å²) >= 11 is 2.89. The molecule has 0 amide bonds. The molecule has 0 N–H and O–H groups in total. The summed E-state index contributed by atoms with van der Waals surface area (Å²) in [5.74, 6) is 0.